The lowest BCUT2D eigenvalue weighted by Gasteiger charge is -2.22. The van der Waals surface area contributed by atoms with E-state index in [-0.39, 0.29) is 12.5 Å². The molecule has 0 saturated heterocycles. The van der Waals surface area contributed by atoms with Crippen LogP contribution in [0.3, 0.4) is 0 Å². The number of nitrogens with one attached hydrogen (secondary N) is 1. The van der Waals surface area contributed by atoms with E-state index in [0.29, 0.717) is 12.8 Å². The van der Waals surface area contributed by atoms with Crippen LogP contribution in [0.15, 0.2) is 12.2 Å². The van der Waals surface area contributed by atoms with E-state index in [1.165, 1.54) is 372 Å². The molecule has 0 aliphatic carbocycles. The van der Waals surface area contributed by atoms with Crippen LogP contribution in [0.25, 0.3) is 0 Å². The molecule has 0 spiro atoms. The summed E-state index contributed by atoms with van der Waals surface area (Å²) in [6.45, 7) is 4.41. The van der Waals surface area contributed by atoms with Crippen LogP contribution in [0.1, 0.15) is 425 Å². The lowest BCUT2D eigenvalue weighted by atomic mass is 10.0. The number of amides is 1. The van der Waals surface area contributed by atoms with Crippen LogP contribution in [0.4, 0.5) is 0 Å². The Morgan fingerprint density at radius 3 is 0.724 bits per heavy atom. The van der Waals surface area contributed by atoms with Gasteiger partial charge in [-0.25, -0.2) is 0 Å². The number of hydrogen-bond acceptors (Lipinski definition) is 3. The third kappa shape index (κ3) is 64.0. The smallest absolute Gasteiger partial charge is 0.220 e. The topological polar surface area (TPSA) is 69.6 Å². The van der Waals surface area contributed by atoms with E-state index in [4.69, 9.17) is 0 Å². The molecule has 2 unspecified atom stereocenters. The summed E-state index contributed by atoms with van der Waals surface area (Å²) in [7, 11) is 0. The van der Waals surface area contributed by atoms with E-state index in [0.717, 1.165) is 25.7 Å². The van der Waals surface area contributed by atoms with E-state index >= 15 is 0 Å². The summed E-state index contributed by atoms with van der Waals surface area (Å²) in [6, 6.07) is -0.534. The number of rotatable bonds is 68. The lowest BCUT2D eigenvalue weighted by Crippen LogP contribution is -2.45. The van der Waals surface area contributed by atoms with Gasteiger partial charge in [-0.1, -0.05) is 392 Å². The van der Waals surface area contributed by atoms with E-state index in [1.54, 1.807) is 0 Å². The van der Waals surface area contributed by atoms with E-state index < -0.39 is 12.1 Å². The minimum absolute atomic E-state index is 0.0203. The number of aliphatic hydroxyl groups excluding tert-OH is 2. The zero-order chi connectivity index (χ0) is 54.8. The van der Waals surface area contributed by atoms with Gasteiger partial charge < -0.3 is 15.5 Å². The van der Waals surface area contributed by atoms with E-state index in [1.807, 2.05) is 0 Å². The summed E-state index contributed by atoms with van der Waals surface area (Å²) < 4.78 is 0. The molecule has 2 atom stereocenters. The molecule has 0 aromatic rings. The van der Waals surface area contributed by atoms with Gasteiger partial charge in [0.2, 0.25) is 5.91 Å². The van der Waals surface area contributed by atoms with E-state index in [9.17, 15) is 15.0 Å². The van der Waals surface area contributed by atoms with Crippen molar-refractivity contribution >= 4 is 5.91 Å². The maximum Gasteiger partial charge on any atom is 0.220 e. The summed E-state index contributed by atoms with van der Waals surface area (Å²) >= 11 is 0. The molecule has 0 rings (SSSR count). The molecular weight excluding hydrogens is 927 g/mol. The van der Waals surface area contributed by atoms with Crippen LogP contribution >= 0.6 is 0 Å². The number of allylic oxidation sites excluding steroid dienone is 2. The van der Waals surface area contributed by atoms with E-state index in [2.05, 4.69) is 31.3 Å². The van der Waals surface area contributed by atoms with Crippen LogP contribution in [0.2, 0.25) is 0 Å². The summed E-state index contributed by atoms with van der Waals surface area (Å²) in [6.07, 6.45) is 91.4. The molecular formula is C72H143NO3. The Kier molecular flexibility index (Phi) is 67.6. The van der Waals surface area contributed by atoms with Gasteiger partial charge in [0.15, 0.2) is 0 Å². The fraction of sp³-hybridized carbons (Fsp3) is 0.958. The fourth-order valence-electron chi connectivity index (χ4n) is 11.8. The number of carbonyl (C=O) groups excluding carboxylic acids is 1. The largest absolute Gasteiger partial charge is 0.394 e. The number of carbonyl (C=O) groups is 1. The highest BCUT2D eigenvalue weighted by Gasteiger charge is 2.20. The maximum absolute atomic E-state index is 12.6. The minimum atomic E-state index is -0.658. The molecule has 0 aromatic heterocycles. The highest BCUT2D eigenvalue weighted by molar-refractivity contribution is 5.76. The molecule has 4 heteroatoms. The standard InChI is InChI=1S/C72H143NO3/c1-3-5-7-9-11-13-15-17-19-21-23-25-27-29-31-33-35-36-38-40-42-44-46-48-50-52-54-56-58-60-62-64-66-68-72(76)73-70(69-74)71(75)67-65-63-61-59-57-55-53-51-49-47-45-43-41-39-37-34-32-30-28-26-24-22-20-18-16-14-12-10-8-6-4-2/h21,23,70-71,74-75H,3-20,22,24-69H2,1-2H3,(H,73,76)/b23-21-. The van der Waals surface area contributed by atoms with Crippen LogP contribution in [0, 0.1) is 0 Å². The molecule has 1 amide bonds. The average molecular weight is 1070 g/mol. The van der Waals surface area contributed by atoms with Crippen molar-refractivity contribution in [3.63, 3.8) is 0 Å². The Balaban J connectivity index is 3.36. The van der Waals surface area contributed by atoms with Gasteiger partial charge in [-0.3, -0.25) is 4.79 Å². The van der Waals surface area contributed by atoms with Crippen LogP contribution < -0.4 is 5.32 Å². The molecule has 454 valence electrons. The SMILES string of the molecule is CCCCCCCCCC/C=C\CCCCCCCCCCCCCCCCCCCCCCCC(=O)NC(CO)C(O)CCCCCCCCCCCCCCCCCCCCCCCCCCCCCCCCC. The van der Waals surface area contributed by atoms with Gasteiger partial charge in [0, 0.05) is 6.42 Å². The first-order valence-corrected chi connectivity index (χ1v) is 35.9. The highest BCUT2D eigenvalue weighted by Crippen LogP contribution is 2.20. The zero-order valence-corrected chi connectivity index (χ0v) is 52.6. The molecule has 3 N–H and O–H groups in total. The first-order valence-electron chi connectivity index (χ1n) is 35.9. The highest BCUT2D eigenvalue weighted by atomic mass is 16.3. The Hall–Kier alpha value is -0.870. The van der Waals surface area contributed by atoms with Crippen molar-refractivity contribution < 1.29 is 15.0 Å². The zero-order valence-electron chi connectivity index (χ0n) is 52.6. The van der Waals surface area contributed by atoms with Crippen LogP contribution in [-0.4, -0.2) is 34.9 Å². The number of unbranched alkanes of at least 4 members (excludes halogenated alkanes) is 59. The molecule has 0 saturated carbocycles. The van der Waals surface area contributed by atoms with Crippen LogP contribution in [0.5, 0.6) is 0 Å². The van der Waals surface area contributed by atoms with Crippen molar-refractivity contribution in [2.24, 2.45) is 0 Å². The predicted molar refractivity (Wildman–Crippen MR) is 341 cm³/mol. The van der Waals surface area contributed by atoms with Crippen molar-refractivity contribution in [2.75, 3.05) is 6.61 Å². The molecule has 0 aromatic carbocycles. The Morgan fingerprint density at radius 2 is 0.500 bits per heavy atom. The Bertz CT molecular complexity index is 1080. The molecule has 4 nitrogen and oxygen atoms in total. The van der Waals surface area contributed by atoms with Gasteiger partial charge in [-0.05, 0) is 38.5 Å². The summed E-state index contributed by atoms with van der Waals surface area (Å²) in [4.78, 5) is 12.6. The second kappa shape index (κ2) is 68.4. The second-order valence-corrected chi connectivity index (χ2v) is 25.0. The van der Waals surface area contributed by atoms with Crippen molar-refractivity contribution in [3.8, 4) is 0 Å². The summed E-state index contributed by atoms with van der Waals surface area (Å²) in [5.74, 6) is -0.0203. The molecule has 0 radical (unpaired) electrons. The lowest BCUT2D eigenvalue weighted by molar-refractivity contribution is -0.123. The van der Waals surface area contributed by atoms with Gasteiger partial charge in [0.25, 0.3) is 0 Å². The Labute approximate surface area is 479 Å². The van der Waals surface area contributed by atoms with Gasteiger partial charge in [0.1, 0.15) is 0 Å². The van der Waals surface area contributed by atoms with Gasteiger partial charge in [-0.15, -0.1) is 0 Å². The monoisotopic (exact) mass is 1070 g/mol. The number of hydrogen-bond donors (Lipinski definition) is 3. The maximum atomic E-state index is 12.6. The van der Waals surface area contributed by atoms with Gasteiger partial charge in [0.05, 0.1) is 18.8 Å². The van der Waals surface area contributed by atoms with Crippen LogP contribution in [-0.2, 0) is 4.79 Å². The first-order chi connectivity index (χ1) is 37.7. The normalized spacial score (nSPS) is 12.6. The van der Waals surface area contributed by atoms with Crippen molar-refractivity contribution in [1.29, 1.82) is 0 Å². The second-order valence-electron chi connectivity index (χ2n) is 25.0. The molecule has 0 bridgehead atoms. The molecule has 76 heavy (non-hydrogen) atoms. The third-order valence-electron chi connectivity index (χ3n) is 17.3. The van der Waals surface area contributed by atoms with Crippen molar-refractivity contribution in [2.45, 2.75) is 437 Å². The number of aliphatic hydroxyl groups is 2. The molecule has 0 aliphatic heterocycles. The van der Waals surface area contributed by atoms with Gasteiger partial charge in [-0.2, -0.15) is 0 Å². The average Bonchev–Trinajstić information content (AvgIpc) is 3.42. The Morgan fingerprint density at radius 1 is 0.303 bits per heavy atom. The molecule has 0 aliphatic rings. The van der Waals surface area contributed by atoms with Gasteiger partial charge >= 0.3 is 0 Å². The fourth-order valence-corrected chi connectivity index (χ4v) is 11.8. The quantitative estimate of drug-likeness (QED) is 0.0420. The summed E-state index contributed by atoms with van der Waals surface area (Å²) in [5.41, 5.74) is 0. The molecule has 0 heterocycles. The third-order valence-corrected chi connectivity index (χ3v) is 17.3. The van der Waals surface area contributed by atoms with Crippen molar-refractivity contribution in [1.82, 2.24) is 5.32 Å². The minimum Gasteiger partial charge on any atom is -0.394 e. The van der Waals surface area contributed by atoms with Crippen molar-refractivity contribution in [3.05, 3.63) is 12.2 Å². The molecule has 0 fully saturated rings. The predicted octanol–water partition coefficient (Wildman–Crippen LogP) is 24.4. The summed E-state index contributed by atoms with van der Waals surface area (Å²) in [5, 5.41) is 23.5. The first kappa shape index (κ1) is 75.1.